The first-order valence-corrected chi connectivity index (χ1v) is 7.16. The Hall–Kier alpha value is -0.870. The highest BCUT2D eigenvalue weighted by molar-refractivity contribution is 5.06. The van der Waals surface area contributed by atoms with Crippen LogP contribution in [0.3, 0.4) is 0 Å². The summed E-state index contributed by atoms with van der Waals surface area (Å²) in [5.41, 5.74) is -0.119. The number of aliphatic hydroxyl groups is 1. The van der Waals surface area contributed by atoms with Crippen molar-refractivity contribution in [3.63, 3.8) is 0 Å². The summed E-state index contributed by atoms with van der Waals surface area (Å²) in [7, 11) is 0. The van der Waals surface area contributed by atoms with E-state index >= 15 is 0 Å². The van der Waals surface area contributed by atoms with Crippen molar-refractivity contribution in [2.45, 2.75) is 57.2 Å². The number of imidazole rings is 1. The Kier molecular flexibility index (Phi) is 3.16. The topological polar surface area (TPSA) is 50.1 Å². The third kappa shape index (κ3) is 2.31. The number of rotatable bonds is 7. The van der Waals surface area contributed by atoms with E-state index < -0.39 is 0 Å². The zero-order valence-electron chi connectivity index (χ0n) is 11.1. The molecule has 2 saturated carbocycles. The summed E-state index contributed by atoms with van der Waals surface area (Å²) < 4.78 is 2.21. The van der Waals surface area contributed by atoms with E-state index in [1.54, 1.807) is 0 Å². The Balaban J connectivity index is 1.79. The molecule has 0 aliphatic heterocycles. The first-order valence-electron chi connectivity index (χ1n) is 7.16. The number of aromatic nitrogens is 2. The van der Waals surface area contributed by atoms with E-state index in [-0.39, 0.29) is 12.1 Å². The van der Waals surface area contributed by atoms with Gasteiger partial charge in [-0.1, -0.05) is 6.92 Å². The van der Waals surface area contributed by atoms with E-state index in [9.17, 15) is 5.11 Å². The fraction of sp³-hybridized carbons (Fsp3) is 0.786. The van der Waals surface area contributed by atoms with Crippen molar-refractivity contribution in [3.8, 4) is 0 Å². The van der Waals surface area contributed by atoms with Gasteiger partial charge in [0.1, 0.15) is 5.82 Å². The van der Waals surface area contributed by atoms with Crippen LogP contribution in [0.2, 0.25) is 0 Å². The Bertz CT molecular complexity index is 409. The number of aryl methyl sites for hydroxylation is 1. The van der Waals surface area contributed by atoms with Crippen molar-refractivity contribution in [1.82, 2.24) is 14.9 Å². The van der Waals surface area contributed by atoms with Crippen LogP contribution in [0.5, 0.6) is 0 Å². The van der Waals surface area contributed by atoms with Crippen molar-refractivity contribution in [2.75, 3.05) is 6.61 Å². The van der Waals surface area contributed by atoms with Gasteiger partial charge in [0.05, 0.1) is 12.1 Å². The molecule has 100 valence electrons. The Morgan fingerprint density at radius 2 is 2.22 bits per heavy atom. The molecule has 2 aliphatic carbocycles. The van der Waals surface area contributed by atoms with Gasteiger partial charge >= 0.3 is 0 Å². The number of hydrogen-bond donors (Lipinski definition) is 2. The zero-order valence-corrected chi connectivity index (χ0v) is 11.1. The molecule has 2 N–H and O–H groups in total. The lowest BCUT2D eigenvalue weighted by atomic mass is 9.93. The molecule has 1 aromatic rings. The quantitative estimate of drug-likeness (QED) is 0.766. The van der Waals surface area contributed by atoms with Crippen LogP contribution in [0.4, 0.5) is 0 Å². The summed E-state index contributed by atoms with van der Waals surface area (Å²) in [5.74, 6) is 1.75. The summed E-state index contributed by atoms with van der Waals surface area (Å²) >= 11 is 0. The minimum absolute atomic E-state index is 0.119. The van der Waals surface area contributed by atoms with Gasteiger partial charge in [-0.15, -0.1) is 0 Å². The second kappa shape index (κ2) is 4.67. The molecule has 1 heterocycles. The van der Waals surface area contributed by atoms with Gasteiger partial charge < -0.3 is 15.0 Å². The molecule has 1 atom stereocenters. The summed E-state index contributed by atoms with van der Waals surface area (Å²) in [4.78, 5) is 4.38. The minimum Gasteiger partial charge on any atom is -0.394 e. The Labute approximate surface area is 108 Å². The lowest BCUT2D eigenvalue weighted by Crippen LogP contribution is -2.54. The number of nitrogens with zero attached hydrogens (tertiary/aromatic N) is 2. The van der Waals surface area contributed by atoms with E-state index in [0.29, 0.717) is 12.0 Å². The third-order valence-electron chi connectivity index (χ3n) is 4.28. The van der Waals surface area contributed by atoms with Gasteiger partial charge in [-0.3, -0.25) is 0 Å². The van der Waals surface area contributed by atoms with Crippen LogP contribution in [-0.4, -0.2) is 32.8 Å². The monoisotopic (exact) mass is 249 g/mol. The molecule has 3 rings (SSSR count). The molecule has 0 amide bonds. The van der Waals surface area contributed by atoms with Gasteiger partial charge in [-0.2, -0.15) is 0 Å². The highest BCUT2D eigenvalue weighted by atomic mass is 16.3. The maximum Gasteiger partial charge on any atom is 0.108 e. The van der Waals surface area contributed by atoms with E-state index in [2.05, 4.69) is 21.8 Å². The smallest absolute Gasteiger partial charge is 0.108 e. The SMILES string of the molecule is CCc1nccn1CC(CO)(NC1CC1)C1CC1. The molecule has 0 bridgehead atoms. The van der Waals surface area contributed by atoms with Crippen molar-refractivity contribution < 1.29 is 5.11 Å². The van der Waals surface area contributed by atoms with Crippen LogP contribution in [0, 0.1) is 5.92 Å². The molecular weight excluding hydrogens is 226 g/mol. The molecule has 1 aromatic heterocycles. The summed E-state index contributed by atoms with van der Waals surface area (Å²) in [6.45, 7) is 3.22. The van der Waals surface area contributed by atoms with Crippen molar-refractivity contribution >= 4 is 0 Å². The highest BCUT2D eigenvalue weighted by Gasteiger charge is 2.47. The minimum atomic E-state index is -0.119. The van der Waals surface area contributed by atoms with Gasteiger partial charge in [-0.25, -0.2) is 4.98 Å². The van der Waals surface area contributed by atoms with Gasteiger partial charge in [0, 0.05) is 31.4 Å². The molecule has 4 heteroatoms. The van der Waals surface area contributed by atoms with Crippen molar-refractivity contribution in [2.24, 2.45) is 5.92 Å². The predicted molar refractivity (Wildman–Crippen MR) is 70.3 cm³/mol. The molecule has 4 nitrogen and oxygen atoms in total. The van der Waals surface area contributed by atoms with E-state index in [1.165, 1.54) is 25.7 Å². The Morgan fingerprint density at radius 3 is 2.78 bits per heavy atom. The van der Waals surface area contributed by atoms with Crippen LogP contribution in [-0.2, 0) is 13.0 Å². The fourth-order valence-corrected chi connectivity index (χ4v) is 2.89. The standard InChI is InChI=1S/C14H23N3O/c1-2-13-15-7-8-17(13)9-14(10-18,11-3-4-11)16-12-5-6-12/h7-8,11-12,16,18H,2-6,9-10H2,1H3. The van der Waals surface area contributed by atoms with Gasteiger partial charge in [0.25, 0.3) is 0 Å². The van der Waals surface area contributed by atoms with Gasteiger partial charge in [-0.05, 0) is 31.6 Å². The largest absolute Gasteiger partial charge is 0.394 e. The molecule has 0 saturated heterocycles. The lowest BCUT2D eigenvalue weighted by molar-refractivity contribution is 0.119. The molecule has 2 aliphatic rings. The maximum atomic E-state index is 9.93. The average molecular weight is 249 g/mol. The molecular formula is C14H23N3O. The predicted octanol–water partition coefficient (Wildman–Crippen LogP) is 1.34. The third-order valence-corrected chi connectivity index (χ3v) is 4.28. The maximum absolute atomic E-state index is 9.93. The zero-order chi connectivity index (χ0) is 12.6. The van der Waals surface area contributed by atoms with Crippen LogP contribution in [0.15, 0.2) is 12.4 Å². The number of hydrogen-bond acceptors (Lipinski definition) is 3. The highest BCUT2D eigenvalue weighted by Crippen LogP contribution is 2.42. The molecule has 18 heavy (non-hydrogen) atoms. The summed E-state index contributed by atoms with van der Waals surface area (Å²) in [6, 6.07) is 0.631. The van der Waals surface area contributed by atoms with E-state index in [0.717, 1.165) is 18.8 Å². The first-order chi connectivity index (χ1) is 8.77. The molecule has 2 fully saturated rings. The second-order valence-corrected chi connectivity index (χ2v) is 5.83. The number of aliphatic hydroxyl groups excluding tert-OH is 1. The molecule has 0 aromatic carbocycles. The summed E-state index contributed by atoms with van der Waals surface area (Å²) in [5, 5.41) is 13.6. The van der Waals surface area contributed by atoms with Crippen molar-refractivity contribution in [1.29, 1.82) is 0 Å². The summed E-state index contributed by atoms with van der Waals surface area (Å²) in [6.07, 6.45) is 9.87. The molecule has 1 unspecified atom stereocenters. The van der Waals surface area contributed by atoms with Crippen LogP contribution in [0.1, 0.15) is 38.4 Å². The van der Waals surface area contributed by atoms with Gasteiger partial charge in [0.2, 0.25) is 0 Å². The normalized spacial score (nSPS) is 23.0. The van der Waals surface area contributed by atoms with Crippen LogP contribution < -0.4 is 5.32 Å². The van der Waals surface area contributed by atoms with Gasteiger partial charge in [0.15, 0.2) is 0 Å². The second-order valence-electron chi connectivity index (χ2n) is 5.83. The lowest BCUT2D eigenvalue weighted by Gasteiger charge is -2.34. The van der Waals surface area contributed by atoms with E-state index in [4.69, 9.17) is 0 Å². The molecule has 0 radical (unpaired) electrons. The van der Waals surface area contributed by atoms with Crippen molar-refractivity contribution in [3.05, 3.63) is 18.2 Å². The Morgan fingerprint density at radius 1 is 1.44 bits per heavy atom. The van der Waals surface area contributed by atoms with Crippen LogP contribution >= 0.6 is 0 Å². The van der Waals surface area contributed by atoms with E-state index in [1.807, 2.05) is 12.4 Å². The fourth-order valence-electron chi connectivity index (χ4n) is 2.89. The average Bonchev–Trinajstić information content (AvgIpc) is 3.28. The number of nitrogens with one attached hydrogen (secondary N) is 1. The molecule has 0 spiro atoms. The first kappa shape index (κ1) is 12.2. The van der Waals surface area contributed by atoms with Crippen LogP contribution in [0.25, 0.3) is 0 Å².